The van der Waals surface area contributed by atoms with E-state index in [-0.39, 0.29) is 23.8 Å². The van der Waals surface area contributed by atoms with Crippen molar-refractivity contribution in [2.24, 2.45) is 0 Å². The standard InChI is InChI=1S/C29H29N3O9S/c1-35-19-10-9-17(22(15-19)38-4)16-32(42(34)27-20(36-2)7-6-8-21(27)37-3)28-25-23(39-5)13-18(14-24(25)41-31-28)26(33)29-30-11-12-40-29/h6-15,26,33H,16H2,1-5H3. The smallest absolute Gasteiger partial charge is 0.263 e. The van der Waals surface area contributed by atoms with Gasteiger partial charge in [-0.1, -0.05) is 11.2 Å². The highest BCUT2D eigenvalue weighted by Gasteiger charge is 2.36. The maximum absolute atomic E-state index is 14.5. The molecule has 2 atom stereocenters. The molecule has 0 aliphatic carbocycles. The summed E-state index contributed by atoms with van der Waals surface area (Å²) < 4.78 is 54.9. The van der Waals surface area contributed by atoms with E-state index in [1.165, 1.54) is 45.2 Å². The molecule has 0 bridgehead atoms. The summed E-state index contributed by atoms with van der Waals surface area (Å²) in [5.74, 6) is 2.46. The van der Waals surface area contributed by atoms with Crippen LogP contribution in [0.1, 0.15) is 23.1 Å². The Hall–Kier alpha value is -4.59. The van der Waals surface area contributed by atoms with Crippen molar-refractivity contribution in [1.29, 1.82) is 0 Å². The fraction of sp³-hybridized carbons (Fsp3) is 0.241. The second kappa shape index (κ2) is 12.5. The van der Waals surface area contributed by atoms with Gasteiger partial charge in [0.05, 0.1) is 48.3 Å². The number of aromatic nitrogens is 2. The lowest BCUT2D eigenvalue weighted by Crippen LogP contribution is -2.32. The van der Waals surface area contributed by atoms with Crippen LogP contribution in [0.2, 0.25) is 0 Å². The number of hydrogen-bond donors (Lipinski definition) is 1. The highest BCUT2D eigenvalue weighted by molar-refractivity contribution is 7.93. The summed E-state index contributed by atoms with van der Waals surface area (Å²) in [6, 6.07) is 13.7. The molecule has 0 amide bonds. The number of hydrogen-bond acceptors (Lipinski definition) is 12. The number of nitrogens with zero attached hydrogens (tertiary/aromatic N) is 3. The van der Waals surface area contributed by atoms with Gasteiger partial charge in [-0.25, -0.2) is 4.98 Å². The second-order valence-corrected chi connectivity index (χ2v) is 10.2. The van der Waals surface area contributed by atoms with E-state index in [1.807, 2.05) is 6.07 Å². The van der Waals surface area contributed by atoms with Crippen LogP contribution in [0.5, 0.6) is 28.7 Å². The van der Waals surface area contributed by atoms with Gasteiger partial charge in [0.15, 0.2) is 23.2 Å². The van der Waals surface area contributed by atoms with E-state index in [1.54, 1.807) is 49.6 Å². The molecule has 3 aromatic carbocycles. The first kappa shape index (κ1) is 28.9. The van der Waals surface area contributed by atoms with E-state index in [0.717, 1.165) is 0 Å². The molecule has 0 fully saturated rings. The lowest BCUT2D eigenvalue weighted by Gasteiger charge is -2.26. The molecule has 2 heterocycles. The van der Waals surface area contributed by atoms with Gasteiger partial charge in [0.25, 0.3) is 4.90 Å². The zero-order chi connectivity index (χ0) is 29.8. The van der Waals surface area contributed by atoms with Crippen molar-refractivity contribution in [1.82, 2.24) is 10.1 Å². The number of oxazole rings is 1. The molecule has 2 aromatic heterocycles. The van der Waals surface area contributed by atoms with Crippen LogP contribution in [-0.4, -0.2) is 55.3 Å². The number of aliphatic hydroxyl groups is 1. The van der Waals surface area contributed by atoms with Crippen LogP contribution in [0.3, 0.4) is 0 Å². The Kier molecular flexibility index (Phi) is 8.61. The fourth-order valence-electron chi connectivity index (χ4n) is 4.49. The Balaban J connectivity index is 1.68. The molecule has 0 aliphatic heterocycles. The summed E-state index contributed by atoms with van der Waals surface area (Å²) in [6.45, 7) is 0.0620. The maximum atomic E-state index is 14.5. The molecule has 1 N–H and O–H groups in total. The molecule has 0 saturated heterocycles. The van der Waals surface area contributed by atoms with Gasteiger partial charge in [0, 0.05) is 11.6 Å². The third-order valence-electron chi connectivity index (χ3n) is 6.57. The molecule has 0 spiro atoms. The van der Waals surface area contributed by atoms with Crippen molar-refractivity contribution in [3.8, 4) is 28.7 Å². The van der Waals surface area contributed by atoms with E-state index in [0.29, 0.717) is 50.2 Å². The van der Waals surface area contributed by atoms with Crippen molar-refractivity contribution in [2.45, 2.75) is 17.5 Å². The zero-order valence-corrected chi connectivity index (χ0v) is 24.3. The molecule has 5 rings (SSSR count). The van der Waals surface area contributed by atoms with Crippen molar-refractivity contribution < 1.29 is 42.3 Å². The van der Waals surface area contributed by atoms with Crippen molar-refractivity contribution >= 4 is 28.1 Å². The molecule has 0 saturated carbocycles. The molecule has 12 nitrogen and oxygen atoms in total. The summed E-state index contributed by atoms with van der Waals surface area (Å²) in [4.78, 5) is 4.32. The predicted molar refractivity (Wildman–Crippen MR) is 153 cm³/mol. The lowest BCUT2D eigenvalue weighted by molar-refractivity contribution is 0.182. The summed E-state index contributed by atoms with van der Waals surface area (Å²) in [5.41, 5.74) is 1.37. The number of methoxy groups -OCH3 is 5. The number of fused-ring (bicyclic) bond motifs is 1. The summed E-state index contributed by atoms with van der Waals surface area (Å²) in [7, 11) is 7.55. The Morgan fingerprint density at radius 3 is 2.24 bits per heavy atom. The molecule has 0 aliphatic rings. The minimum absolute atomic E-state index is 0.0620. The minimum Gasteiger partial charge on any atom is -0.587 e. The highest BCUT2D eigenvalue weighted by Crippen LogP contribution is 2.43. The van der Waals surface area contributed by atoms with Gasteiger partial charge in [-0.3, -0.25) is 0 Å². The van der Waals surface area contributed by atoms with Gasteiger partial charge < -0.3 is 42.3 Å². The van der Waals surface area contributed by atoms with Gasteiger partial charge in [-0.15, -0.1) is 0 Å². The van der Waals surface area contributed by atoms with E-state index in [9.17, 15) is 9.66 Å². The molecule has 2 unspecified atom stereocenters. The third kappa shape index (κ3) is 5.36. The van der Waals surface area contributed by atoms with Crippen LogP contribution in [0, 0.1) is 0 Å². The normalized spacial score (nSPS) is 12.5. The number of rotatable bonds is 12. The van der Waals surface area contributed by atoms with E-state index >= 15 is 0 Å². The number of benzene rings is 3. The van der Waals surface area contributed by atoms with Gasteiger partial charge in [-0.05, 0) is 42.0 Å². The maximum Gasteiger partial charge on any atom is 0.263 e. The fourth-order valence-corrected chi connectivity index (χ4v) is 5.90. The number of anilines is 1. The van der Waals surface area contributed by atoms with Crippen LogP contribution in [-0.2, 0) is 17.9 Å². The van der Waals surface area contributed by atoms with Gasteiger partial charge in [0.1, 0.15) is 40.3 Å². The predicted octanol–water partition coefficient (Wildman–Crippen LogP) is 4.67. The average molecular weight is 596 g/mol. The number of aliphatic hydroxyl groups excluding tert-OH is 1. The van der Waals surface area contributed by atoms with E-state index in [2.05, 4.69) is 10.1 Å². The Labute approximate surface area is 244 Å². The quantitative estimate of drug-likeness (QED) is 0.200. The molecule has 0 radical (unpaired) electrons. The van der Waals surface area contributed by atoms with Gasteiger partial charge in [-0.2, -0.15) is 4.31 Å². The third-order valence-corrected chi connectivity index (χ3v) is 8.02. The molecule has 220 valence electrons. The van der Waals surface area contributed by atoms with Gasteiger partial charge >= 0.3 is 0 Å². The number of ether oxygens (including phenoxy) is 5. The average Bonchev–Trinajstić information content (AvgIpc) is 3.73. The largest absolute Gasteiger partial charge is 0.587 e. The molecule has 42 heavy (non-hydrogen) atoms. The van der Waals surface area contributed by atoms with E-state index in [4.69, 9.17) is 32.6 Å². The topological polar surface area (TPSA) is 145 Å². The highest BCUT2D eigenvalue weighted by atomic mass is 32.2. The first-order chi connectivity index (χ1) is 20.4. The summed E-state index contributed by atoms with van der Waals surface area (Å²) >= 11 is -1.95. The van der Waals surface area contributed by atoms with Crippen LogP contribution < -0.4 is 28.0 Å². The van der Waals surface area contributed by atoms with Crippen LogP contribution in [0.25, 0.3) is 11.0 Å². The van der Waals surface area contributed by atoms with Crippen LogP contribution in [0.4, 0.5) is 5.82 Å². The Morgan fingerprint density at radius 1 is 0.905 bits per heavy atom. The first-order valence-electron chi connectivity index (χ1n) is 12.6. The van der Waals surface area contributed by atoms with Crippen LogP contribution in [0.15, 0.2) is 74.8 Å². The monoisotopic (exact) mass is 595 g/mol. The molecule has 5 aromatic rings. The van der Waals surface area contributed by atoms with Crippen molar-refractivity contribution in [2.75, 3.05) is 39.9 Å². The SMILES string of the molecule is COc1ccc(CN(c2noc3cc(C(O)c4ncco4)cc(OC)c23)[S+]([O-])c2c(OC)cccc2OC)c(OC)c1. The van der Waals surface area contributed by atoms with Crippen molar-refractivity contribution in [3.05, 3.63) is 78.0 Å². The lowest BCUT2D eigenvalue weighted by atomic mass is 10.1. The van der Waals surface area contributed by atoms with Crippen molar-refractivity contribution in [3.63, 3.8) is 0 Å². The Morgan fingerprint density at radius 2 is 1.62 bits per heavy atom. The van der Waals surface area contributed by atoms with Gasteiger partial charge in [0.2, 0.25) is 11.7 Å². The Bertz CT molecular complexity index is 1640. The molecular formula is C29H29N3O9S. The molecular weight excluding hydrogens is 566 g/mol. The summed E-state index contributed by atoms with van der Waals surface area (Å²) in [6.07, 6.45) is 1.62. The summed E-state index contributed by atoms with van der Waals surface area (Å²) in [5, 5.41) is 15.6. The zero-order valence-electron chi connectivity index (χ0n) is 23.5. The molecule has 13 heteroatoms. The first-order valence-corrected chi connectivity index (χ1v) is 13.7. The second-order valence-electron chi connectivity index (χ2n) is 8.83. The van der Waals surface area contributed by atoms with Crippen LogP contribution >= 0.6 is 0 Å². The minimum atomic E-state index is -1.95. The van der Waals surface area contributed by atoms with E-state index < -0.39 is 17.5 Å².